The number of nitrogens with zero attached hydrogens (tertiary/aromatic N) is 2. The average Bonchev–Trinajstić information content (AvgIpc) is 3.76. The van der Waals surface area contributed by atoms with Crippen molar-refractivity contribution in [3.63, 3.8) is 0 Å². The van der Waals surface area contributed by atoms with Gasteiger partial charge in [-0.05, 0) is 79.5 Å². The molecule has 2 radical (unpaired) electrons. The molecule has 0 bridgehead atoms. The summed E-state index contributed by atoms with van der Waals surface area (Å²) in [6, 6.07) is 42.2. The zero-order valence-electron chi connectivity index (χ0n) is 29.8. The van der Waals surface area contributed by atoms with Gasteiger partial charge in [0.15, 0.2) is 0 Å². The number of anilines is 2. The molecular weight excluding hydrogens is 723 g/mol. The van der Waals surface area contributed by atoms with Crippen molar-refractivity contribution in [1.82, 2.24) is 0 Å². The predicted molar refractivity (Wildman–Crippen MR) is 211 cm³/mol. The fourth-order valence-corrected chi connectivity index (χ4v) is 5.78. The van der Waals surface area contributed by atoms with Crippen LogP contribution in [0.1, 0.15) is 72.9 Å². The summed E-state index contributed by atoms with van der Waals surface area (Å²) in [5.41, 5.74) is 8.06. The Bertz CT molecular complexity index is 1280. The predicted octanol–water partition coefficient (Wildman–Crippen LogP) is 11.0. The molecule has 0 amide bonds. The second-order valence-electron chi connectivity index (χ2n) is 12.1. The third kappa shape index (κ3) is 15.0. The Hall–Kier alpha value is -2.36. The standard InChI is InChI=1S/C25H35N2.2C6H5.C5H5.2ClH.Si.Zr/c1-16(2)26(17(3)4)22-9-11-24-20(14-22)13-21-15-23(10-12-25(21)24)27(18(5)6)19(7)8;2*1-2-4-6-5-3-1;1-2-4-5-3-1;;;;/h9-12,14,16-19H,13H2,1-8H3;2*1-5H;1-3H,4H2;2*1H;;/q4*-1;;;;. The average molecular weight is 775 g/mol. The van der Waals surface area contributed by atoms with E-state index in [0.717, 1.165) is 12.8 Å². The van der Waals surface area contributed by atoms with Gasteiger partial charge in [-0.3, -0.25) is 6.08 Å². The van der Waals surface area contributed by atoms with Crippen molar-refractivity contribution in [2.24, 2.45) is 0 Å². The third-order valence-corrected chi connectivity index (χ3v) is 7.36. The topological polar surface area (TPSA) is 6.48 Å². The fourth-order valence-electron chi connectivity index (χ4n) is 5.78. The molecule has 0 saturated carbocycles. The normalized spacial score (nSPS) is 11.1. The van der Waals surface area contributed by atoms with Gasteiger partial charge < -0.3 is 9.80 Å². The molecule has 0 aromatic heterocycles. The molecule has 6 heteroatoms. The SMILES string of the molecule is CC(C)N(c1[c-]c2c(cc1)-c1ccc(N(C(C)C)C(C)C)cc1C2)C(C)C.Cl.Cl.[C-]1=CC=CC1.[Si]=[Zr].[c-]1ccccc1.[c-]1ccccc1. The van der Waals surface area contributed by atoms with Crippen LogP contribution in [0.3, 0.4) is 0 Å². The van der Waals surface area contributed by atoms with Gasteiger partial charge in [0.25, 0.3) is 0 Å². The van der Waals surface area contributed by atoms with Crippen molar-refractivity contribution in [3.8, 4) is 11.1 Å². The summed E-state index contributed by atoms with van der Waals surface area (Å²) in [6.07, 6.45) is 11.0. The van der Waals surface area contributed by atoms with E-state index in [9.17, 15) is 0 Å². The van der Waals surface area contributed by atoms with E-state index in [1.165, 1.54) is 57.0 Å². The van der Waals surface area contributed by atoms with Gasteiger partial charge in [0.1, 0.15) is 0 Å². The van der Waals surface area contributed by atoms with Crippen LogP contribution in [-0.4, -0.2) is 31.0 Å². The maximum Gasteiger partial charge on any atom is -0.171 e. The van der Waals surface area contributed by atoms with Crippen molar-refractivity contribution in [2.45, 2.75) is 92.4 Å². The van der Waals surface area contributed by atoms with Crippen molar-refractivity contribution in [1.29, 1.82) is 0 Å². The first kappa shape index (κ1) is 45.6. The van der Waals surface area contributed by atoms with E-state index >= 15 is 0 Å². The van der Waals surface area contributed by atoms with E-state index in [2.05, 4.69) is 133 Å². The van der Waals surface area contributed by atoms with E-state index in [-0.39, 0.29) is 24.8 Å². The number of hydrogen-bond acceptors (Lipinski definition) is 2. The maximum absolute atomic E-state index is 3.74. The van der Waals surface area contributed by atoms with Gasteiger partial charge in [0, 0.05) is 29.9 Å². The molecule has 6 rings (SSSR count). The molecule has 0 unspecified atom stereocenters. The third-order valence-electron chi connectivity index (χ3n) is 7.36. The van der Waals surface area contributed by atoms with Crippen LogP contribution in [0.4, 0.5) is 11.4 Å². The zero-order valence-corrected chi connectivity index (χ0v) is 34.9. The van der Waals surface area contributed by atoms with Crippen LogP contribution in [-0.2, 0) is 29.8 Å². The molecule has 0 spiro atoms. The first-order valence-corrected chi connectivity index (χ1v) is 20.4. The Kier molecular flexibility index (Phi) is 24.3. The van der Waals surface area contributed by atoms with Gasteiger partial charge in [0.05, 0.1) is 0 Å². The maximum atomic E-state index is 3.74. The van der Waals surface area contributed by atoms with Crippen molar-refractivity contribution in [3.05, 3.63) is 145 Å². The van der Waals surface area contributed by atoms with Crippen LogP contribution >= 0.6 is 24.8 Å². The summed E-state index contributed by atoms with van der Waals surface area (Å²) in [5.74, 6) is 0. The molecule has 4 aromatic carbocycles. The fraction of sp³-hybridized carbons (Fsp3) is 0.333. The second kappa shape index (κ2) is 25.6. The molecule has 48 heavy (non-hydrogen) atoms. The molecule has 2 nitrogen and oxygen atoms in total. The number of halogens is 2. The molecule has 0 heterocycles. The summed E-state index contributed by atoms with van der Waals surface area (Å²) >= 11 is 1.36. The van der Waals surface area contributed by atoms with Gasteiger partial charge >= 0.3 is 30.2 Å². The first-order valence-electron chi connectivity index (χ1n) is 16.2. The van der Waals surface area contributed by atoms with Crippen molar-refractivity contribution in [2.75, 3.05) is 9.80 Å². The van der Waals surface area contributed by atoms with E-state index < -0.39 is 0 Å². The van der Waals surface area contributed by atoms with E-state index in [1.54, 1.807) is 0 Å². The van der Waals surface area contributed by atoms with Gasteiger partial charge in [-0.2, -0.15) is 91.0 Å². The Labute approximate surface area is 322 Å². The summed E-state index contributed by atoms with van der Waals surface area (Å²) in [7, 11) is 0. The van der Waals surface area contributed by atoms with Crippen molar-refractivity contribution < 1.29 is 23.3 Å². The number of hydrogen-bond donors (Lipinski definition) is 0. The molecule has 0 atom stereocenters. The van der Waals surface area contributed by atoms with Gasteiger partial charge in [0.2, 0.25) is 0 Å². The number of allylic oxidation sites excluding steroid dienone is 4. The summed E-state index contributed by atoms with van der Waals surface area (Å²) in [5, 5.41) is 0. The molecular formula is C42H52Cl2N2SiZr-4. The van der Waals surface area contributed by atoms with Gasteiger partial charge in [-0.15, -0.1) is 48.4 Å². The number of rotatable bonds is 6. The number of benzene rings is 4. The Balaban J connectivity index is 0.000000848. The molecule has 256 valence electrons. The van der Waals surface area contributed by atoms with Crippen LogP contribution in [0.2, 0.25) is 0 Å². The van der Waals surface area contributed by atoms with Gasteiger partial charge in [-0.1, -0.05) is 17.3 Å². The first-order chi connectivity index (χ1) is 22.2. The minimum absolute atomic E-state index is 0. The zero-order chi connectivity index (χ0) is 33.9. The van der Waals surface area contributed by atoms with E-state index in [4.69, 9.17) is 0 Å². The quantitative estimate of drug-likeness (QED) is 0.125. The Morgan fingerprint density at radius 3 is 1.50 bits per heavy atom. The summed E-state index contributed by atoms with van der Waals surface area (Å²) in [4.78, 5) is 4.95. The minimum Gasteiger partial charge on any atom is -0.184 e. The van der Waals surface area contributed by atoms with Crippen LogP contribution in [0.5, 0.6) is 0 Å². The van der Waals surface area contributed by atoms with Crippen LogP contribution < -0.4 is 9.80 Å². The van der Waals surface area contributed by atoms with Gasteiger partial charge in [-0.25, -0.2) is 12.2 Å². The molecule has 2 aliphatic carbocycles. The Morgan fingerprint density at radius 1 is 0.646 bits per heavy atom. The largest absolute Gasteiger partial charge is 0.184 e. The van der Waals surface area contributed by atoms with Crippen molar-refractivity contribution >= 4 is 43.1 Å². The Morgan fingerprint density at radius 2 is 1.15 bits per heavy atom. The summed E-state index contributed by atoms with van der Waals surface area (Å²) in [6.45, 7) is 21.2. The van der Waals surface area contributed by atoms with Crippen LogP contribution in [0.15, 0.2) is 109 Å². The van der Waals surface area contributed by atoms with E-state index in [0.29, 0.717) is 24.2 Å². The minimum atomic E-state index is 0. The molecule has 0 aliphatic heterocycles. The molecule has 0 N–H and O–H groups in total. The van der Waals surface area contributed by atoms with E-state index in [1.807, 2.05) is 72.8 Å². The molecule has 2 aliphatic rings. The molecule has 0 fully saturated rings. The summed E-state index contributed by atoms with van der Waals surface area (Å²) < 4.78 is 0. The monoisotopic (exact) mass is 772 g/mol. The molecule has 0 saturated heterocycles. The van der Waals surface area contributed by atoms with Crippen LogP contribution in [0.25, 0.3) is 11.1 Å². The van der Waals surface area contributed by atoms with Crippen LogP contribution in [0, 0.1) is 24.3 Å². The number of fused-ring (bicyclic) bond motifs is 3. The molecule has 4 aromatic rings. The smallest absolute Gasteiger partial charge is 0.171 e. The second-order valence-corrected chi connectivity index (χ2v) is 12.1.